The van der Waals surface area contributed by atoms with E-state index in [9.17, 15) is 19.2 Å². The number of rotatable bonds is 3. The van der Waals surface area contributed by atoms with E-state index in [2.05, 4.69) is 0 Å². The zero-order valence-corrected chi connectivity index (χ0v) is 10.4. The zero-order chi connectivity index (χ0) is 14.2. The average Bonchev–Trinajstić information content (AvgIpc) is 2.65. The lowest BCUT2D eigenvalue weighted by atomic mass is 10.2. The SMILES string of the molecule is O=C(O)CN1CCC(n2cc(Cl)c(=O)[nH]c2=O)C1=O. The van der Waals surface area contributed by atoms with Gasteiger partial charge in [0.2, 0.25) is 5.91 Å². The summed E-state index contributed by atoms with van der Waals surface area (Å²) < 4.78 is 1.02. The molecule has 1 aromatic rings. The lowest BCUT2D eigenvalue weighted by Gasteiger charge is -2.15. The van der Waals surface area contributed by atoms with Crippen LogP contribution in [0.2, 0.25) is 5.02 Å². The summed E-state index contributed by atoms with van der Waals surface area (Å²) in [7, 11) is 0. The molecule has 8 nitrogen and oxygen atoms in total. The van der Waals surface area contributed by atoms with E-state index in [1.807, 2.05) is 4.98 Å². The molecule has 1 amide bonds. The standard InChI is InChI=1S/C10H10ClN3O5/c11-5-3-14(10(19)12-8(5)17)6-1-2-13(9(6)18)4-7(15)16/h3,6H,1-2,4H2,(H,15,16)(H,12,17,19). The lowest BCUT2D eigenvalue weighted by Crippen LogP contribution is -2.37. The molecule has 1 saturated heterocycles. The third kappa shape index (κ3) is 2.53. The van der Waals surface area contributed by atoms with Crippen LogP contribution in [0, 0.1) is 0 Å². The molecule has 1 aliphatic rings. The number of H-pyrrole nitrogens is 1. The maximum Gasteiger partial charge on any atom is 0.329 e. The average molecular weight is 288 g/mol. The number of carbonyl (C=O) groups is 2. The number of likely N-dealkylation sites (tertiary alicyclic amines) is 1. The molecule has 1 unspecified atom stereocenters. The Labute approximate surface area is 111 Å². The van der Waals surface area contributed by atoms with Crippen molar-refractivity contribution in [2.24, 2.45) is 0 Å². The molecule has 1 aliphatic heterocycles. The molecule has 0 radical (unpaired) electrons. The van der Waals surface area contributed by atoms with Crippen molar-refractivity contribution in [1.29, 1.82) is 0 Å². The number of aromatic nitrogens is 2. The van der Waals surface area contributed by atoms with Gasteiger partial charge in [-0.15, -0.1) is 0 Å². The first kappa shape index (κ1) is 13.3. The van der Waals surface area contributed by atoms with Gasteiger partial charge in [-0.1, -0.05) is 11.6 Å². The van der Waals surface area contributed by atoms with Crippen LogP contribution in [-0.2, 0) is 9.59 Å². The Morgan fingerprint density at radius 2 is 2.16 bits per heavy atom. The molecule has 2 rings (SSSR count). The molecule has 1 atom stereocenters. The Bertz CT molecular complexity index is 649. The van der Waals surface area contributed by atoms with Gasteiger partial charge >= 0.3 is 11.7 Å². The Morgan fingerprint density at radius 1 is 1.47 bits per heavy atom. The number of hydrogen-bond donors (Lipinski definition) is 2. The van der Waals surface area contributed by atoms with E-state index in [0.29, 0.717) is 0 Å². The molecule has 0 bridgehead atoms. The number of hydrogen-bond acceptors (Lipinski definition) is 4. The van der Waals surface area contributed by atoms with Crippen LogP contribution in [0.3, 0.4) is 0 Å². The van der Waals surface area contributed by atoms with Crippen molar-refractivity contribution >= 4 is 23.5 Å². The second-order valence-corrected chi connectivity index (χ2v) is 4.51. The molecule has 0 spiro atoms. The number of carboxylic acids is 1. The Hall–Kier alpha value is -2.09. The van der Waals surface area contributed by atoms with E-state index in [-0.39, 0.29) is 18.0 Å². The first-order chi connectivity index (χ1) is 8.90. The van der Waals surface area contributed by atoms with Gasteiger partial charge in [0, 0.05) is 12.7 Å². The number of aliphatic carboxylic acids is 1. The number of halogens is 1. The highest BCUT2D eigenvalue weighted by Crippen LogP contribution is 2.21. The van der Waals surface area contributed by atoms with Crippen LogP contribution >= 0.6 is 11.6 Å². The number of carboxylic acid groups (broad SMARTS) is 1. The first-order valence-corrected chi connectivity index (χ1v) is 5.79. The molecule has 0 saturated carbocycles. The second-order valence-electron chi connectivity index (χ2n) is 4.10. The molecule has 1 aromatic heterocycles. The summed E-state index contributed by atoms with van der Waals surface area (Å²) >= 11 is 5.61. The highest BCUT2D eigenvalue weighted by atomic mass is 35.5. The molecule has 0 aliphatic carbocycles. The lowest BCUT2D eigenvalue weighted by molar-refractivity contribution is -0.143. The fourth-order valence-electron chi connectivity index (χ4n) is 1.99. The van der Waals surface area contributed by atoms with Crippen LogP contribution < -0.4 is 11.2 Å². The maximum absolute atomic E-state index is 12.0. The molecule has 102 valence electrons. The van der Waals surface area contributed by atoms with Crippen molar-refractivity contribution < 1.29 is 14.7 Å². The highest BCUT2D eigenvalue weighted by Gasteiger charge is 2.34. The summed E-state index contributed by atoms with van der Waals surface area (Å²) in [6, 6.07) is -0.832. The molecule has 9 heteroatoms. The van der Waals surface area contributed by atoms with E-state index >= 15 is 0 Å². The summed E-state index contributed by atoms with van der Waals surface area (Å²) in [4.78, 5) is 48.4. The predicted molar refractivity (Wildman–Crippen MR) is 64.2 cm³/mol. The second kappa shape index (κ2) is 4.88. The Morgan fingerprint density at radius 3 is 2.79 bits per heavy atom. The Kier molecular flexibility index (Phi) is 3.43. The summed E-state index contributed by atoms with van der Waals surface area (Å²) in [6.45, 7) is -0.180. The van der Waals surface area contributed by atoms with Crippen LogP contribution in [0.4, 0.5) is 0 Å². The van der Waals surface area contributed by atoms with E-state index in [1.54, 1.807) is 0 Å². The normalized spacial score (nSPS) is 18.9. The minimum Gasteiger partial charge on any atom is -0.480 e. The quantitative estimate of drug-likeness (QED) is 0.744. The van der Waals surface area contributed by atoms with Crippen LogP contribution in [-0.4, -0.2) is 44.5 Å². The highest BCUT2D eigenvalue weighted by molar-refractivity contribution is 6.30. The number of nitrogens with zero attached hydrogens (tertiary/aromatic N) is 2. The minimum absolute atomic E-state index is 0.205. The van der Waals surface area contributed by atoms with Crippen molar-refractivity contribution in [3.63, 3.8) is 0 Å². The van der Waals surface area contributed by atoms with Gasteiger partial charge in [-0.25, -0.2) is 4.79 Å². The molecule has 0 aromatic carbocycles. The monoisotopic (exact) mass is 287 g/mol. The number of amides is 1. The summed E-state index contributed by atoms with van der Waals surface area (Å²) in [5.74, 6) is -1.60. The van der Waals surface area contributed by atoms with Gasteiger partial charge in [0.1, 0.15) is 17.6 Å². The molecule has 2 heterocycles. The van der Waals surface area contributed by atoms with Gasteiger partial charge in [-0.3, -0.25) is 23.9 Å². The van der Waals surface area contributed by atoms with Gasteiger partial charge in [-0.2, -0.15) is 0 Å². The molecule has 1 fully saturated rings. The van der Waals surface area contributed by atoms with Crippen molar-refractivity contribution in [2.75, 3.05) is 13.1 Å². The van der Waals surface area contributed by atoms with Gasteiger partial charge in [0.15, 0.2) is 0 Å². The fraction of sp³-hybridized carbons (Fsp3) is 0.400. The van der Waals surface area contributed by atoms with Gasteiger partial charge in [0.25, 0.3) is 5.56 Å². The largest absolute Gasteiger partial charge is 0.480 e. The van der Waals surface area contributed by atoms with Crippen LogP contribution in [0.5, 0.6) is 0 Å². The number of aromatic amines is 1. The predicted octanol–water partition coefficient (Wildman–Crippen LogP) is -0.952. The van der Waals surface area contributed by atoms with Crippen molar-refractivity contribution in [2.45, 2.75) is 12.5 Å². The van der Waals surface area contributed by atoms with Crippen molar-refractivity contribution in [1.82, 2.24) is 14.5 Å². The number of nitrogens with one attached hydrogen (secondary N) is 1. The Balaban J connectivity index is 2.32. The summed E-state index contributed by atoms with van der Waals surface area (Å²) in [6.07, 6.45) is 1.38. The molecule has 2 N–H and O–H groups in total. The minimum atomic E-state index is -1.12. The van der Waals surface area contributed by atoms with Gasteiger partial charge in [-0.05, 0) is 6.42 Å². The summed E-state index contributed by atoms with van der Waals surface area (Å²) in [5, 5.41) is 8.45. The van der Waals surface area contributed by atoms with Gasteiger partial charge in [0.05, 0.1) is 0 Å². The first-order valence-electron chi connectivity index (χ1n) is 5.41. The molecular formula is C10H10ClN3O5. The van der Waals surface area contributed by atoms with Crippen LogP contribution in [0.1, 0.15) is 12.5 Å². The zero-order valence-electron chi connectivity index (χ0n) is 9.63. The number of carbonyl (C=O) groups excluding carboxylic acids is 1. The van der Waals surface area contributed by atoms with E-state index < -0.39 is 35.7 Å². The van der Waals surface area contributed by atoms with E-state index in [0.717, 1.165) is 15.7 Å². The van der Waals surface area contributed by atoms with Crippen LogP contribution in [0.15, 0.2) is 15.8 Å². The van der Waals surface area contributed by atoms with E-state index in [1.165, 1.54) is 0 Å². The molecule has 19 heavy (non-hydrogen) atoms. The smallest absolute Gasteiger partial charge is 0.329 e. The van der Waals surface area contributed by atoms with Crippen molar-refractivity contribution in [3.8, 4) is 0 Å². The molecular weight excluding hydrogens is 278 g/mol. The topological polar surface area (TPSA) is 112 Å². The van der Waals surface area contributed by atoms with Crippen molar-refractivity contribution in [3.05, 3.63) is 32.1 Å². The van der Waals surface area contributed by atoms with E-state index in [4.69, 9.17) is 16.7 Å². The third-order valence-corrected chi connectivity index (χ3v) is 3.12. The third-order valence-electron chi connectivity index (χ3n) is 2.86. The van der Waals surface area contributed by atoms with Gasteiger partial charge < -0.3 is 10.0 Å². The fourth-order valence-corrected chi connectivity index (χ4v) is 2.15. The van der Waals surface area contributed by atoms with Crippen LogP contribution in [0.25, 0.3) is 0 Å². The maximum atomic E-state index is 12.0. The summed E-state index contributed by atoms with van der Waals surface area (Å²) in [5.41, 5.74) is -1.47.